The molecule has 11 heavy (non-hydrogen) atoms. The molecule has 0 radical (unpaired) electrons. The minimum absolute atomic E-state index is 0.0926. The van der Waals surface area contributed by atoms with Gasteiger partial charge in [0.25, 0.3) is 0 Å². The third kappa shape index (κ3) is 1.68. The van der Waals surface area contributed by atoms with Gasteiger partial charge >= 0.3 is 0 Å². The summed E-state index contributed by atoms with van der Waals surface area (Å²) in [5, 5.41) is 8.64. The molecule has 0 fully saturated rings. The maximum atomic E-state index is 11.1. The van der Waals surface area contributed by atoms with Gasteiger partial charge in [-0.1, -0.05) is 6.08 Å². The Morgan fingerprint density at radius 1 is 1.91 bits per heavy atom. The molecule has 0 aliphatic heterocycles. The predicted molar refractivity (Wildman–Crippen MR) is 40.3 cm³/mol. The first-order valence-electron chi connectivity index (χ1n) is 3.73. The SMILES string of the molecule is [2H]C1(OC)CC(=CO)C=CC1=O. The van der Waals surface area contributed by atoms with E-state index < -0.39 is 11.9 Å². The molecule has 0 saturated heterocycles. The van der Waals surface area contributed by atoms with E-state index in [1.165, 1.54) is 19.3 Å². The molecule has 0 amide bonds. The fourth-order valence-corrected chi connectivity index (χ4v) is 0.869. The molecule has 0 aromatic rings. The Morgan fingerprint density at radius 3 is 3.18 bits per heavy atom. The van der Waals surface area contributed by atoms with Crippen molar-refractivity contribution in [1.82, 2.24) is 0 Å². The average Bonchev–Trinajstić information content (AvgIpc) is 2.10. The van der Waals surface area contributed by atoms with Crippen LogP contribution in [0.5, 0.6) is 0 Å². The van der Waals surface area contributed by atoms with Crippen molar-refractivity contribution < 1.29 is 16.0 Å². The van der Waals surface area contributed by atoms with Crippen molar-refractivity contribution in [2.45, 2.75) is 12.5 Å². The first-order valence-corrected chi connectivity index (χ1v) is 3.23. The van der Waals surface area contributed by atoms with Crippen molar-refractivity contribution in [3.05, 3.63) is 24.0 Å². The molecule has 0 bridgehead atoms. The van der Waals surface area contributed by atoms with Gasteiger partial charge in [-0.25, -0.2) is 0 Å². The molecule has 3 nitrogen and oxygen atoms in total. The van der Waals surface area contributed by atoms with E-state index in [1.54, 1.807) is 0 Å². The van der Waals surface area contributed by atoms with Crippen molar-refractivity contribution in [3.8, 4) is 0 Å². The van der Waals surface area contributed by atoms with Crippen LogP contribution in [-0.2, 0) is 9.53 Å². The monoisotopic (exact) mass is 155 g/mol. The van der Waals surface area contributed by atoms with Crippen LogP contribution >= 0.6 is 0 Å². The lowest BCUT2D eigenvalue weighted by Gasteiger charge is -2.15. The fourth-order valence-electron chi connectivity index (χ4n) is 0.869. The van der Waals surface area contributed by atoms with Crippen molar-refractivity contribution in [3.63, 3.8) is 0 Å². The van der Waals surface area contributed by atoms with Crippen LogP contribution in [0.2, 0.25) is 0 Å². The van der Waals surface area contributed by atoms with Crippen molar-refractivity contribution in [2.24, 2.45) is 0 Å². The van der Waals surface area contributed by atoms with Gasteiger partial charge in [-0.15, -0.1) is 0 Å². The Hall–Kier alpha value is -1.09. The van der Waals surface area contributed by atoms with E-state index in [-0.39, 0.29) is 6.42 Å². The van der Waals surface area contributed by atoms with Crippen LogP contribution in [0, 0.1) is 0 Å². The van der Waals surface area contributed by atoms with Gasteiger partial charge in [0.2, 0.25) is 0 Å². The molecule has 0 aromatic heterocycles. The van der Waals surface area contributed by atoms with Gasteiger partial charge in [0, 0.05) is 13.5 Å². The molecule has 1 N–H and O–H groups in total. The first-order chi connectivity index (χ1) is 5.62. The largest absolute Gasteiger partial charge is 0.515 e. The van der Waals surface area contributed by atoms with E-state index in [0.29, 0.717) is 5.57 Å². The van der Waals surface area contributed by atoms with E-state index in [4.69, 9.17) is 11.2 Å². The van der Waals surface area contributed by atoms with Gasteiger partial charge in [0.05, 0.1) is 7.63 Å². The molecule has 60 valence electrons. The maximum absolute atomic E-state index is 11.1. The number of rotatable bonds is 1. The normalized spacial score (nSPS) is 35.9. The molecule has 0 heterocycles. The van der Waals surface area contributed by atoms with Crippen molar-refractivity contribution >= 4 is 5.78 Å². The van der Waals surface area contributed by atoms with Crippen LogP contribution < -0.4 is 0 Å². The van der Waals surface area contributed by atoms with Crippen LogP contribution in [-0.4, -0.2) is 24.1 Å². The van der Waals surface area contributed by atoms with Gasteiger partial charge in [0.15, 0.2) is 5.78 Å². The summed E-state index contributed by atoms with van der Waals surface area (Å²) in [6, 6.07) is 0. The summed E-state index contributed by atoms with van der Waals surface area (Å²) in [6.45, 7) is 0. The zero-order valence-corrected chi connectivity index (χ0v) is 6.20. The zero-order valence-electron chi connectivity index (χ0n) is 7.20. The average molecular weight is 155 g/mol. The Bertz CT molecular complexity index is 257. The molecule has 1 aliphatic carbocycles. The summed E-state index contributed by atoms with van der Waals surface area (Å²) in [5.74, 6) is -0.393. The second kappa shape index (κ2) is 3.34. The molecular formula is C8H10O3. The Kier molecular flexibility index (Phi) is 2.01. The highest BCUT2D eigenvalue weighted by Crippen LogP contribution is 2.15. The van der Waals surface area contributed by atoms with Gasteiger partial charge in [-0.2, -0.15) is 0 Å². The second-order valence-corrected chi connectivity index (χ2v) is 2.21. The van der Waals surface area contributed by atoms with Gasteiger partial charge in [0.1, 0.15) is 6.08 Å². The number of allylic oxidation sites excluding steroid dienone is 1. The Balaban J connectivity index is 2.94. The summed E-state index contributed by atoms with van der Waals surface area (Å²) in [4.78, 5) is 11.1. The maximum Gasteiger partial charge on any atom is 0.184 e. The highest BCUT2D eigenvalue weighted by molar-refractivity contribution is 5.95. The first kappa shape index (κ1) is 6.61. The topological polar surface area (TPSA) is 46.5 Å². The molecule has 0 saturated carbocycles. The number of methoxy groups -OCH3 is 1. The smallest absolute Gasteiger partial charge is 0.184 e. The standard InChI is InChI=1S/C8H10O3/c1-11-8-4-6(5-9)2-3-7(8)10/h2-3,5,8-9H,4H2,1H3/i8D. The van der Waals surface area contributed by atoms with Crippen LogP contribution in [0.3, 0.4) is 0 Å². The molecule has 1 aliphatic rings. The highest BCUT2D eigenvalue weighted by Gasteiger charge is 2.19. The molecule has 0 spiro atoms. The van der Waals surface area contributed by atoms with Crippen molar-refractivity contribution in [1.29, 1.82) is 0 Å². The fraction of sp³-hybridized carbons (Fsp3) is 0.375. The number of hydrogen-bond donors (Lipinski definition) is 1. The minimum Gasteiger partial charge on any atom is -0.515 e. The molecular weight excluding hydrogens is 144 g/mol. The third-order valence-corrected chi connectivity index (χ3v) is 1.50. The number of carbonyl (C=O) groups is 1. The summed E-state index contributed by atoms with van der Waals surface area (Å²) >= 11 is 0. The lowest BCUT2D eigenvalue weighted by Crippen LogP contribution is -2.24. The van der Waals surface area contributed by atoms with E-state index in [9.17, 15) is 4.79 Å². The quantitative estimate of drug-likeness (QED) is 0.574. The number of ether oxygens (including phenoxy) is 1. The number of ketones is 1. The number of aliphatic hydroxyl groups is 1. The van der Waals surface area contributed by atoms with Crippen molar-refractivity contribution in [2.75, 3.05) is 7.11 Å². The van der Waals surface area contributed by atoms with Crippen LogP contribution in [0.4, 0.5) is 0 Å². The summed E-state index contributed by atoms with van der Waals surface area (Å²) in [6.07, 6.45) is 2.14. The van der Waals surface area contributed by atoms with E-state index in [1.807, 2.05) is 0 Å². The van der Waals surface area contributed by atoms with Crippen LogP contribution in [0.15, 0.2) is 24.0 Å². The van der Waals surface area contributed by atoms with Gasteiger partial charge in [-0.3, -0.25) is 4.79 Å². The molecule has 0 aromatic carbocycles. The number of hydrogen-bond acceptors (Lipinski definition) is 3. The molecule has 3 heteroatoms. The van der Waals surface area contributed by atoms with Crippen LogP contribution in [0.25, 0.3) is 0 Å². The number of aliphatic hydroxyl groups excluding tert-OH is 1. The summed E-state index contributed by atoms with van der Waals surface area (Å²) in [7, 11) is 1.30. The van der Waals surface area contributed by atoms with E-state index >= 15 is 0 Å². The number of carbonyl (C=O) groups excluding carboxylic acids is 1. The van der Waals surface area contributed by atoms with Crippen LogP contribution in [0.1, 0.15) is 7.79 Å². The molecule has 1 rings (SSSR count). The Morgan fingerprint density at radius 2 is 2.64 bits per heavy atom. The predicted octanol–water partition coefficient (Wildman–Crippen LogP) is 0.972. The highest BCUT2D eigenvalue weighted by atomic mass is 16.5. The summed E-state index contributed by atoms with van der Waals surface area (Å²) < 4.78 is 12.3. The van der Waals surface area contributed by atoms with Gasteiger partial charge in [-0.05, 0) is 11.6 Å². The lowest BCUT2D eigenvalue weighted by molar-refractivity contribution is -0.124. The minimum atomic E-state index is -1.55. The van der Waals surface area contributed by atoms with Gasteiger partial charge < -0.3 is 9.84 Å². The zero-order chi connectivity index (χ0) is 9.19. The third-order valence-electron chi connectivity index (χ3n) is 1.50. The van der Waals surface area contributed by atoms with E-state index in [2.05, 4.69) is 0 Å². The lowest BCUT2D eigenvalue weighted by atomic mass is 9.99. The molecule has 1 atom stereocenters. The second-order valence-electron chi connectivity index (χ2n) is 2.21. The summed E-state index contributed by atoms with van der Waals surface area (Å²) in [5.41, 5.74) is 0.520. The Labute approximate surface area is 66.4 Å². The van der Waals surface area contributed by atoms with E-state index in [0.717, 1.165) is 6.26 Å². The molecule has 1 unspecified atom stereocenters.